The number of nitrogens with zero attached hydrogens (tertiary/aromatic N) is 2. The van der Waals surface area contributed by atoms with E-state index in [9.17, 15) is 13.2 Å². The molecule has 0 spiro atoms. The molecule has 0 aliphatic carbocycles. The molecule has 1 heterocycles. The third-order valence-electron chi connectivity index (χ3n) is 4.69. The molecule has 0 saturated carbocycles. The number of likely N-dealkylation sites (N-methyl/N-ethyl adjacent to an activating group) is 1. The number of hydrogen-bond donors (Lipinski definition) is 1. The lowest BCUT2D eigenvalue weighted by atomic mass is 10.1. The Morgan fingerprint density at radius 1 is 1.10 bits per heavy atom. The number of rotatable bonds is 6. The molecule has 0 bridgehead atoms. The van der Waals surface area contributed by atoms with Crippen molar-refractivity contribution in [2.24, 2.45) is 0 Å². The largest absolute Gasteiger partial charge is 0.492 e. The fourth-order valence-corrected chi connectivity index (χ4v) is 4.39. The summed E-state index contributed by atoms with van der Waals surface area (Å²) in [5, 5.41) is 0.225. The van der Waals surface area contributed by atoms with Crippen LogP contribution in [0.1, 0.15) is 17.3 Å². The van der Waals surface area contributed by atoms with Crippen molar-refractivity contribution in [2.45, 2.75) is 11.8 Å². The van der Waals surface area contributed by atoms with Crippen molar-refractivity contribution < 1.29 is 17.9 Å². The molecule has 2 aromatic carbocycles. The Morgan fingerprint density at radius 2 is 1.76 bits per heavy atom. The summed E-state index contributed by atoms with van der Waals surface area (Å²) in [5.41, 5.74) is 0.895. The third kappa shape index (κ3) is 5.20. The molecule has 0 unspecified atom stereocenters. The number of piperazine rings is 1. The van der Waals surface area contributed by atoms with Crippen LogP contribution in [0.25, 0.3) is 0 Å². The molecule has 1 aliphatic rings. The minimum absolute atomic E-state index is 0.0311. The number of anilines is 1. The summed E-state index contributed by atoms with van der Waals surface area (Å²) in [7, 11) is -1.79. The Balaban J connectivity index is 1.70. The van der Waals surface area contributed by atoms with Gasteiger partial charge in [0, 0.05) is 37.4 Å². The molecule has 0 radical (unpaired) electrons. The van der Waals surface area contributed by atoms with E-state index in [1.165, 1.54) is 18.2 Å². The van der Waals surface area contributed by atoms with Gasteiger partial charge in [0.25, 0.3) is 15.9 Å². The van der Waals surface area contributed by atoms with Crippen molar-refractivity contribution in [1.82, 2.24) is 9.80 Å². The first-order valence-electron chi connectivity index (χ1n) is 9.33. The van der Waals surface area contributed by atoms with Gasteiger partial charge in [0.05, 0.1) is 16.5 Å². The van der Waals surface area contributed by atoms with Crippen LogP contribution in [0.5, 0.6) is 5.75 Å². The van der Waals surface area contributed by atoms with Gasteiger partial charge in [-0.1, -0.05) is 11.6 Å². The van der Waals surface area contributed by atoms with Gasteiger partial charge in [-0.25, -0.2) is 8.42 Å². The molecule has 2 aromatic rings. The molecule has 1 N–H and O–H groups in total. The average molecular weight is 438 g/mol. The standard InChI is InChI=1S/C20H24ClN3O4S/c1-3-28-19-9-8-17(14-18(19)21)29(26,27)22-16-6-4-15(5-7-16)20(25)24-12-10-23(2)11-13-24/h4-9,14,22H,3,10-13H2,1-2H3. The molecule has 3 rings (SSSR count). The molecule has 1 saturated heterocycles. The maximum Gasteiger partial charge on any atom is 0.261 e. The zero-order chi connectivity index (χ0) is 21.0. The number of nitrogens with one attached hydrogen (secondary N) is 1. The number of hydrogen-bond acceptors (Lipinski definition) is 5. The van der Waals surface area contributed by atoms with E-state index in [4.69, 9.17) is 16.3 Å². The second kappa shape index (κ2) is 9.02. The second-order valence-corrected chi connectivity index (χ2v) is 8.89. The summed E-state index contributed by atoms with van der Waals surface area (Å²) in [6, 6.07) is 10.7. The Labute approximate surface area is 176 Å². The van der Waals surface area contributed by atoms with Crippen LogP contribution in [0.2, 0.25) is 5.02 Å². The van der Waals surface area contributed by atoms with Crippen molar-refractivity contribution in [3.05, 3.63) is 53.1 Å². The number of halogens is 1. The van der Waals surface area contributed by atoms with Gasteiger partial charge in [-0.15, -0.1) is 0 Å². The summed E-state index contributed by atoms with van der Waals surface area (Å²) in [5.74, 6) is 0.380. The number of carbonyl (C=O) groups is 1. The number of benzene rings is 2. The van der Waals surface area contributed by atoms with E-state index in [2.05, 4.69) is 9.62 Å². The van der Waals surface area contributed by atoms with Gasteiger partial charge in [0.15, 0.2) is 0 Å². The minimum Gasteiger partial charge on any atom is -0.492 e. The van der Waals surface area contributed by atoms with E-state index in [0.29, 0.717) is 36.7 Å². The first kappa shape index (κ1) is 21.4. The van der Waals surface area contributed by atoms with Gasteiger partial charge >= 0.3 is 0 Å². The zero-order valence-corrected chi connectivity index (χ0v) is 18.0. The number of sulfonamides is 1. The number of carbonyl (C=O) groups excluding carboxylic acids is 1. The predicted octanol–water partition coefficient (Wildman–Crippen LogP) is 2.93. The third-order valence-corrected chi connectivity index (χ3v) is 6.36. The monoisotopic (exact) mass is 437 g/mol. The Morgan fingerprint density at radius 3 is 2.34 bits per heavy atom. The SMILES string of the molecule is CCOc1ccc(S(=O)(=O)Nc2ccc(C(=O)N3CCN(C)CC3)cc2)cc1Cl. The minimum atomic E-state index is -3.82. The molecular formula is C20H24ClN3O4S. The van der Waals surface area contributed by atoms with Gasteiger partial charge < -0.3 is 14.5 Å². The van der Waals surface area contributed by atoms with Crippen LogP contribution in [0.3, 0.4) is 0 Å². The molecule has 9 heteroatoms. The van der Waals surface area contributed by atoms with Crippen molar-refractivity contribution in [3.8, 4) is 5.75 Å². The van der Waals surface area contributed by atoms with E-state index in [1.54, 1.807) is 29.2 Å². The highest BCUT2D eigenvalue weighted by Gasteiger charge is 2.21. The first-order valence-corrected chi connectivity index (χ1v) is 11.2. The predicted molar refractivity (Wildman–Crippen MR) is 113 cm³/mol. The lowest BCUT2D eigenvalue weighted by Gasteiger charge is -2.32. The van der Waals surface area contributed by atoms with Gasteiger partial charge in [-0.2, -0.15) is 0 Å². The fourth-order valence-electron chi connectivity index (χ4n) is 3.01. The van der Waals surface area contributed by atoms with Crippen LogP contribution in [0, 0.1) is 0 Å². The van der Waals surface area contributed by atoms with Gasteiger partial charge in [0.2, 0.25) is 0 Å². The van der Waals surface area contributed by atoms with Crippen LogP contribution >= 0.6 is 11.6 Å². The average Bonchev–Trinajstić information content (AvgIpc) is 2.70. The molecule has 7 nitrogen and oxygen atoms in total. The van der Waals surface area contributed by atoms with Gasteiger partial charge in [-0.3, -0.25) is 9.52 Å². The van der Waals surface area contributed by atoms with Crippen LogP contribution in [-0.4, -0.2) is 64.0 Å². The summed E-state index contributed by atoms with van der Waals surface area (Å²) < 4.78 is 33.1. The maximum absolute atomic E-state index is 12.6. The van der Waals surface area contributed by atoms with Crippen molar-refractivity contribution >= 4 is 33.2 Å². The molecule has 0 aromatic heterocycles. The summed E-state index contributed by atoms with van der Waals surface area (Å²) >= 11 is 6.09. The molecule has 29 heavy (non-hydrogen) atoms. The topological polar surface area (TPSA) is 78.9 Å². The lowest BCUT2D eigenvalue weighted by molar-refractivity contribution is 0.0664. The van der Waals surface area contributed by atoms with E-state index < -0.39 is 10.0 Å². The first-order chi connectivity index (χ1) is 13.8. The van der Waals surface area contributed by atoms with Crippen molar-refractivity contribution in [3.63, 3.8) is 0 Å². The highest BCUT2D eigenvalue weighted by molar-refractivity contribution is 7.92. The molecule has 1 fully saturated rings. The maximum atomic E-state index is 12.6. The van der Waals surface area contributed by atoms with E-state index in [1.807, 2.05) is 14.0 Å². The molecule has 0 atom stereocenters. The fraction of sp³-hybridized carbons (Fsp3) is 0.350. The van der Waals surface area contributed by atoms with Crippen LogP contribution in [-0.2, 0) is 10.0 Å². The summed E-state index contributed by atoms with van der Waals surface area (Å²) in [4.78, 5) is 16.6. The number of amides is 1. The highest BCUT2D eigenvalue weighted by Crippen LogP contribution is 2.28. The zero-order valence-electron chi connectivity index (χ0n) is 16.4. The van der Waals surface area contributed by atoms with E-state index in [-0.39, 0.29) is 15.8 Å². The van der Waals surface area contributed by atoms with Gasteiger partial charge in [0.1, 0.15) is 5.75 Å². The van der Waals surface area contributed by atoms with Crippen molar-refractivity contribution in [1.29, 1.82) is 0 Å². The molecule has 1 amide bonds. The normalized spacial score (nSPS) is 15.2. The lowest BCUT2D eigenvalue weighted by Crippen LogP contribution is -2.47. The molecular weight excluding hydrogens is 414 g/mol. The summed E-state index contributed by atoms with van der Waals surface area (Å²) in [6.07, 6.45) is 0. The highest BCUT2D eigenvalue weighted by atomic mass is 35.5. The quantitative estimate of drug-likeness (QED) is 0.751. The molecule has 156 valence electrons. The van der Waals surface area contributed by atoms with Gasteiger partial charge in [-0.05, 0) is 56.4 Å². The van der Waals surface area contributed by atoms with Crippen LogP contribution in [0.15, 0.2) is 47.4 Å². The van der Waals surface area contributed by atoms with E-state index >= 15 is 0 Å². The van der Waals surface area contributed by atoms with Crippen molar-refractivity contribution in [2.75, 3.05) is 44.6 Å². The van der Waals surface area contributed by atoms with E-state index in [0.717, 1.165) is 13.1 Å². The second-order valence-electron chi connectivity index (χ2n) is 6.80. The molecule has 1 aliphatic heterocycles. The number of ether oxygens (including phenoxy) is 1. The van der Waals surface area contributed by atoms with Crippen LogP contribution in [0.4, 0.5) is 5.69 Å². The Kier molecular flexibility index (Phi) is 6.66. The summed E-state index contributed by atoms with van der Waals surface area (Å²) in [6.45, 7) is 5.30. The Bertz CT molecular complexity index is 972. The smallest absolute Gasteiger partial charge is 0.261 e. The van der Waals surface area contributed by atoms with Crippen LogP contribution < -0.4 is 9.46 Å². The Hall–Kier alpha value is -2.29.